The third-order valence-electron chi connectivity index (χ3n) is 5.51. The van der Waals surface area contributed by atoms with Gasteiger partial charge >= 0.3 is 11.9 Å². The van der Waals surface area contributed by atoms with Crippen LogP contribution in [0.25, 0.3) is 0 Å². The number of esters is 2. The SMILES string of the molecule is COc1ccc(C2OCC(COC(=O)c3ccccc3)(COC(=O)c3ccccc3)CO2)cc1. The molecule has 0 aliphatic carbocycles. The maximum Gasteiger partial charge on any atom is 0.338 e. The Bertz CT molecular complexity index is 1020. The highest BCUT2D eigenvalue weighted by molar-refractivity contribution is 5.89. The fourth-order valence-corrected chi connectivity index (χ4v) is 3.51. The summed E-state index contributed by atoms with van der Waals surface area (Å²) in [5.41, 5.74) is 0.857. The van der Waals surface area contributed by atoms with Crippen LogP contribution in [0.4, 0.5) is 0 Å². The van der Waals surface area contributed by atoms with Gasteiger partial charge in [0.1, 0.15) is 19.0 Å². The van der Waals surface area contributed by atoms with Gasteiger partial charge in [-0.3, -0.25) is 0 Å². The van der Waals surface area contributed by atoms with Gasteiger partial charge in [-0.05, 0) is 36.4 Å². The lowest BCUT2D eigenvalue weighted by atomic mass is 9.91. The van der Waals surface area contributed by atoms with Crippen LogP contribution in [0, 0.1) is 5.41 Å². The Balaban J connectivity index is 1.43. The predicted molar refractivity (Wildman–Crippen MR) is 124 cm³/mol. The number of rotatable bonds is 8. The molecule has 1 aliphatic rings. The van der Waals surface area contributed by atoms with Crippen molar-refractivity contribution in [2.75, 3.05) is 33.5 Å². The first kappa shape index (κ1) is 23.5. The van der Waals surface area contributed by atoms with Gasteiger partial charge in [0.05, 0.1) is 36.9 Å². The molecule has 176 valence electrons. The smallest absolute Gasteiger partial charge is 0.338 e. The van der Waals surface area contributed by atoms with Crippen LogP contribution in [0.3, 0.4) is 0 Å². The van der Waals surface area contributed by atoms with Gasteiger partial charge in [-0.25, -0.2) is 9.59 Å². The molecule has 0 unspecified atom stereocenters. The molecule has 0 spiro atoms. The average Bonchev–Trinajstić information content (AvgIpc) is 2.92. The van der Waals surface area contributed by atoms with E-state index in [9.17, 15) is 9.59 Å². The van der Waals surface area contributed by atoms with Crippen molar-refractivity contribution in [3.8, 4) is 5.75 Å². The number of carbonyl (C=O) groups excluding carboxylic acids is 2. The van der Waals surface area contributed by atoms with Crippen molar-refractivity contribution in [2.45, 2.75) is 6.29 Å². The second-order valence-corrected chi connectivity index (χ2v) is 8.11. The molecule has 3 aromatic carbocycles. The lowest BCUT2D eigenvalue weighted by molar-refractivity contribution is -0.247. The van der Waals surface area contributed by atoms with E-state index in [1.807, 2.05) is 36.4 Å². The first-order valence-corrected chi connectivity index (χ1v) is 10.9. The molecule has 34 heavy (non-hydrogen) atoms. The predicted octanol–water partition coefficient (Wildman–Crippen LogP) is 4.44. The van der Waals surface area contributed by atoms with Crippen LogP contribution in [0.5, 0.6) is 5.75 Å². The third kappa shape index (κ3) is 5.81. The molecule has 1 aliphatic heterocycles. The number of ether oxygens (including phenoxy) is 5. The minimum absolute atomic E-state index is 0.0296. The Labute approximate surface area is 198 Å². The molecule has 7 nitrogen and oxygen atoms in total. The van der Waals surface area contributed by atoms with Gasteiger partial charge in [0.2, 0.25) is 0 Å². The number of benzene rings is 3. The largest absolute Gasteiger partial charge is 0.497 e. The van der Waals surface area contributed by atoms with Crippen LogP contribution >= 0.6 is 0 Å². The zero-order valence-corrected chi connectivity index (χ0v) is 18.8. The second-order valence-electron chi connectivity index (χ2n) is 8.11. The van der Waals surface area contributed by atoms with E-state index in [0.717, 1.165) is 11.3 Å². The summed E-state index contributed by atoms with van der Waals surface area (Å²) in [6, 6.07) is 24.8. The van der Waals surface area contributed by atoms with E-state index in [4.69, 9.17) is 23.7 Å². The average molecular weight is 462 g/mol. The van der Waals surface area contributed by atoms with E-state index in [-0.39, 0.29) is 26.4 Å². The van der Waals surface area contributed by atoms with Gasteiger partial charge in [0.15, 0.2) is 6.29 Å². The lowest BCUT2D eigenvalue weighted by Crippen LogP contribution is -2.46. The molecule has 0 amide bonds. The molecule has 1 heterocycles. The van der Waals surface area contributed by atoms with Gasteiger partial charge in [-0.2, -0.15) is 0 Å². The molecule has 0 bridgehead atoms. The fraction of sp³-hybridized carbons (Fsp3) is 0.259. The fourth-order valence-electron chi connectivity index (χ4n) is 3.51. The number of carbonyl (C=O) groups is 2. The summed E-state index contributed by atoms with van der Waals surface area (Å²) < 4.78 is 28.3. The van der Waals surface area contributed by atoms with Crippen molar-refractivity contribution in [2.24, 2.45) is 5.41 Å². The van der Waals surface area contributed by atoms with Crippen molar-refractivity contribution >= 4 is 11.9 Å². The molecule has 0 N–H and O–H groups in total. The minimum Gasteiger partial charge on any atom is -0.497 e. The first-order chi connectivity index (χ1) is 16.6. The molecular weight excluding hydrogens is 436 g/mol. The molecule has 0 radical (unpaired) electrons. The summed E-state index contributed by atoms with van der Waals surface area (Å²) in [7, 11) is 1.60. The van der Waals surface area contributed by atoms with Crippen LogP contribution < -0.4 is 4.74 Å². The van der Waals surface area contributed by atoms with E-state index in [2.05, 4.69) is 0 Å². The molecule has 7 heteroatoms. The third-order valence-corrected chi connectivity index (χ3v) is 5.51. The van der Waals surface area contributed by atoms with Crippen molar-refractivity contribution in [3.63, 3.8) is 0 Å². The first-order valence-electron chi connectivity index (χ1n) is 10.9. The van der Waals surface area contributed by atoms with Crippen molar-refractivity contribution in [1.29, 1.82) is 0 Å². The zero-order valence-electron chi connectivity index (χ0n) is 18.8. The molecule has 0 atom stereocenters. The Morgan fingerprint density at radius 3 is 1.68 bits per heavy atom. The topological polar surface area (TPSA) is 80.3 Å². The zero-order chi connectivity index (χ0) is 23.8. The van der Waals surface area contributed by atoms with E-state index >= 15 is 0 Å². The molecule has 1 saturated heterocycles. The summed E-state index contributed by atoms with van der Waals surface area (Å²) in [4.78, 5) is 25.0. The van der Waals surface area contributed by atoms with Crippen molar-refractivity contribution in [3.05, 3.63) is 102 Å². The van der Waals surface area contributed by atoms with Gasteiger partial charge in [-0.15, -0.1) is 0 Å². The summed E-state index contributed by atoms with van der Waals surface area (Å²) >= 11 is 0. The number of methoxy groups -OCH3 is 1. The quantitative estimate of drug-likeness (QED) is 0.458. The molecule has 1 fully saturated rings. The standard InChI is InChI=1S/C27H26O7/c1-30-23-14-12-22(13-15-23)26-33-18-27(19-34-26,16-31-24(28)20-8-4-2-5-9-20)17-32-25(29)21-10-6-3-7-11-21/h2-15,26H,16-19H2,1H3. The van der Waals surface area contributed by atoms with Gasteiger partial charge in [0, 0.05) is 5.56 Å². The lowest BCUT2D eigenvalue weighted by Gasteiger charge is -2.39. The highest BCUT2D eigenvalue weighted by Gasteiger charge is 2.40. The Hall–Kier alpha value is -3.68. The van der Waals surface area contributed by atoms with Gasteiger partial charge < -0.3 is 23.7 Å². The summed E-state index contributed by atoms with van der Waals surface area (Å²) in [5, 5.41) is 0. The molecule has 3 aromatic rings. The van der Waals surface area contributed by atoms with Crippen LogP contribution in [0.2, 0.25) is 0 Å². The molecule has 0 saturated carbocycles. The van der Waals surface area contributed by atoms with Gasteiger partial charge in [-0.1, -0.05) is 48.5 Å². The Kier molecular flexibility index (Phi) is 7.57. The monoisotopic (exact) mass is 462 g/mol. The molecule has 4 rings (SSSR count). The van der Waals surface area contributed by atoms with E-state index in [0.29, 0.717) is 11.1 Å². The summed E-state index contributed by atoms with van der Waals surface area (Å²) in [5.74, 6) is -0.201. The highest BCUT2D eigenvalue weighted by atomic mass is 16.7. The normalized spacial score (nSPS) is 15.3. The number of hydrogen-bond donors (Lipinski definition) is 0. The maximum atomic E-state index is 12.5. The minimum atomic E-state index is -0.849. The van der Waals surface area contributed by atoms with Crippen molar-refractivity contribution in [1.82, 2.24) is 0 Å². The summed E-state index contributed by atoms with van der Waals surface area (Å²) in [6.07, 6.45) is -0.589. The van der Waals surface area contributed by atoms with Crippen molar-refractivity contribution < 1.29 is 33.3 Å². The summed E-state index contributed by atoms with van der Waals surface area (Å²) in [6.45, 7) is 0.290. The van der Waals surface area contributed by atoms with Crippen LogP contribution in [-0.2, 0) is 18.9 Å². The van der Waals surface area contributed by atoms with E-state index < -0.39 is 23.6 Å². The van der Waals surface area contributed by atoms with E-state index in [1.165, 1.54) is 0 Å². The number of hydrogen-bond acceptors (Lipinski definition) is 7. The Morgan fingerprint density at radius 1 is 0.765 bits per heavy atom. The Morgan fingerprint density at radius 2 is 1.24 bits per heavy atom. The highest BCUT2D eigenvalue weighted by Crippen LogP contribution is 2.33. The van der Waals surface area contributed by atoms with E-state index in [1.54, 1.807) is 55.6 Å². The molecular formula is C27H26O7. The van der Waals surface area contributed by atoms with Gasteiger partial charge in [0.25, 0.3) is 0 Å². The van der Waals surface area contributed by atoms with Crippen LogP contribution in [0.15, 0.2) is 84.9 Å². The second kappa shape index (κ2) is 11.0. The van der Waals surface area contributed by atoms with Crippen LogP contribution in [0.1, 0.15) is 32.6 Å². The van der Waals surface area contributed by atoms with Crippen LogP contribution in [-0.4, -0.2) is 45.5 Å². The molecule has 0 aromatic heterocycles. The maximum absolute atomic E-state index is 12.5.